The van der Waals surface area contributed by atoms with Crippen LogP contribution in [-0.4, -0.2) is 29.2 Å². The van der Waals surface area contributed by atoms with E-state index in [-0.39, 0.29) is 0 Å². The molecule has 8 heteroatoms. The largest absolute Gasteiger partial charge is 0.493 e. The molecule has 3 aromatic rings. The predicted molar refractivity (Wildman–Crippen MR) is 84.9 cm³/mol. The van der Waals surface area contributed by atoms with Gasteiger partial charge in [0.1, 0.15) is 5.69 Å². The molecule has 0 unspecified atom stereocenters. The maximum absolute atomic E-state index is 12.8. The Morgan fingerprint density at radius 2 is 1.72 bits per heavy atom. The van der Waals surface area contributed by atoms with E-state index in [1.807, 2.05) is 0 Å². The van der Waals surface area contributed by atoms with Crippen molar-refractivity contribution in [3.63, 3.8) is 0 Å². The van der Waals surface area contributed by atoms with E-state index in [1.165, 1.54) is 25.0 Å². The number of hydrogen-bond donors (Lipinski definition) is 0. The van der Waals surface area contributed by atoms with Gasteiger partial charge in [-0.05, 0) is 24.3 Å². The summed E-state index contributed by atoms with van der Waals surface area (Å²) in [4.78, 5) is 0. The molecule has 0 aliphatic heterocycles. The van der Waals surface area contributed by atoms with Gasteiger partial charge in [0.2, 0.25) is 0 Å². The van der Waals surface area contributed by atoms with Crippen molar-refractivity contribution >= 4 is 0 Å². The minimum absolute atomic E-state index is 0.334. The van der Waals surface area contributed by atoms with Gasteiger partial charge in [0.15, 0.2) is 11.5 Å². The van der Waals surface area contributed by atoms with Crippen LogP contribution in [0.15, 0.2) is 48.7 Å². The van der Waals surface area contributed by atoms with E-state index >= 15 is 0 Å². The molecule has 0 saturated carbocycles. The van der Waals surface area contributed by atoms with Crippen LogP contribution < -0.4 is 9.47 Å². The Bertz CT molecular complexity index is 891. The molecule has 0 atom stereocenters. The number of ether oxygens (including phenoxy) is 2. The first-order chi connectivity index (χ1) is 11.9. The smallest absolute Gasteiger partial charge is 0.416 e. The van der Waals surface area contributed by atoms with Crippen molar-refractivity contribution in [3.05, 3.63) is 54.2 Å². The summed E-state index contributed by atoms with van der Waals surface area (Å²) in [5.41, 5.74) is 0.580. The average molecular weight is 349 g/mol. The monoisotopic (exact) mass is 349 g/mol. The molecular weight excluding hydrogens is 335 g/mol. The predicted octanol–water partition coefficient (Wildman–Crippen LogP) is 3.97. The van der Waals surface area contributed by atoms with Gasteiger partial charge in [-0.1, -0.05) is 17.3 Å². The minimum Gasteiger partial charge on any atom is -0.493 e. The van der Waals surface area contributed by atoms with Gasteiger partial charge in [-0.3, -0.25) is 0 Å². The van der Waals surface area contributed by atoms with Crippen molar-refractivity contribution in [3.8, 4) is 28.4 Å². The average Bonchev–Trinajstić information content (AvgIpc) is 3.10. The van der Waals surface area contributed by atoms with Crippen LogP contribution in [0.25, 0.3) is 16.9 Å². The molecule has 0 saturated heterocycles. The van der Waals surface area contributed by atoms with Crippen LogP contribution >= 0.6 is 0 Å². The summed E-state index contributed by atoms with van der Waals surface area (Å²) in [6.07, 6.45) is -2.86. The number of benzene rings is 2. The fourth-order valence-electron chi connectivity index (χ4n) is 2.34. The van der Waals surface area contributed by atoms with Crippen molar-refractivity contribution < 1.29 is 22.6 Å². The Hall–Kier alpha value is -3.03. The quantitative estimate of drug-likeness (QED) is 0.715. The lowest BCUT2D eigenvalue weighted by Gasteiger charge is -2.09. The number of aromatic nitrogens is 3. The Morgan fingerprint density at radius 1 is 0.960 bits per heavy atom. The molecule has 0 bridgehead atoms. The van der Waals surface area contributed by atoms with E-state index in [1.54, 1.807) is 30.5 Å². The lowest BCUT2D eigenvalue weighted by Crippen LogP contribution is -2.04. The Kier molecular flexibility index (Phi) is 4.35. The Balaban J connectivity index is 1.96. The molecule has 0 aliphatic rings. The molecule has 0 spiro atoms. The van der Waals surface area contributed by atoms with Crippen LogP contribution in [0.4, 0.5) is 13.2 Å². The topological polar surface area (TPSA) is 49.2 Å². The third-order valence-electron chi connectivity index (χ3n) is 3.61. The molecule has 5 nitrogen and oxygen atoms in total. The van der Waals surface area contributed by atoms with E-state index in [9.17, 15) is 13.2 Å². The zero-order valence-corrected chi connectivity index (χ0v) is 13.4. The van der Waals surface area contributed by atoms with E-state index in [2.05, 4.69) is 10.3 Å². The highest BCUT2D eigenvalue weighted by Gasteiger charge is 2.30. The molecule has 130 valence electrons. The highest BCUT2D eigenvalue weighted by molar-refractivity contribution is 5.60. The fraction of sp³-hybridized carbons (Fsp3) is 0.176. The second kappa shape index (κ2) is 6.46. The Labute approximate surface area is 141 Å². The van der Waals surface area contributed by atoms with Crippen molar-refractivity contribution in [2.75, 3.05) is 14.2 Å². The van der Waals surface area contributed by atoms with Gasteiger partial charge in [0.25, 0.3) is 0 Å². The molecule has 0 amide bonds. The second-order valence-electron chi connectivity index (χ2n) is 5.17. The highest BCUT2D eigenvalue weighted by Crippen LogP contribution is 2.32. The minimum atomic E-state index is -4.41. The summed E-state index contributed by atoms with van der Waals surface area (Å²) in [6.45, 7) is 0. The van der Waals surface area contributed by atoms with E-state index < -0.39 is 11.7 Å². The summed E-state index contributed by atoms with van der Waals surface area (Å²) >= 11 is 0. The fourth-order valence-corrected chi connectivity index (χ4v) is 2.34. The van der Waals surface area contributed by atoms with Crippen molar-refractivity contribution in [2.45, 2.75) is 6.18 Å². The summed E-state index contributed by atoms with van der Waals surface area (Å²) < 4.78 is 50.4. The lowest BCUT2D eigenvalue weighted by atomic mass is 10.1. The lowest BCUT2D eigenvalue weighted by molar-refractivity contribution is -0.137. The maximum Gasteiger partial charge on any atom is 0.416 e. The molecule has 3 rings (SSSR count). The number of halogens is 3. The number of methoxy groups -OCH3 is 2. The third-order valence-corrected chi connectivity index (χ3v) is 3.61. The summed E-state index contributed by atoms with van der Waals surface area (Å²) in [6, 6.07) is 10.1. The summed E-state index contributed by atoms with van der Waals surface area (Å²) in [5.74, 6) is 1.07. The van der Waals surface area contributed by atoms with E-state index in [0.717, 1.165) is 12.1 Å². The van der Waals surface area contributed by atoms with Crippen LogP contribution in [0, 0.1) is 0 Å². The molecule has 25 heavy (non-hydrogen) atoms. The third kappa shape index (κ3) is 3.42. The van der Waals surface area contributed by atoms with Crippen LogP contribution in [0.2, 0.25) is 0 Å². The maximum atomic E-state index is 12.8. The second-order valence-corrected chi connectivity index (χ2v) is 5.17. The van der Waals surface area contributed by atoms with Gasteiger partial charge >= 0.3 is 6.18 Å². The summed E-state index contributed by atoms with van der Waals surface area (Å²) in [7, 11) is 3.04. The van der Waals surface area contributed by atoms with Gasteiger partial charge < -0.3 is 9.47 Å². The number of rotatable bonds is 4. The van der Waals surface area contributed by atoms with Gasteiger partial charge in [-0.25, -0.2) is 4.68 Å². The molecule has 0 aliphatic carbocycles. The molecule has 1 heterocycles. The first-order valence-corrected chi connectivity index (χ1v) is 7.25. The Morgan fingerprint density at radius 3 is 2.40 bits per heavy atom. The number of alkyl halides is 3. The summed E-state index contributed by atoms with van der Waals surface area (Å²) in [5, 5.41) is 7.93. The standard InChI is InChI=1S/C17H14F3N3O2/c1-24-15-7-6-13(9-16(15)25-2)23-10-14(21-22-23)11-4-3-5-12(8-11)17(18,19)20/h3-10H,1-2H3. The van der Waals surface area contributed by atoms with E-state index in [4.69, 9.17) is 9.47 Å². The van der Waals surface area contributed by atoms with Crippen molar-refractivity contribution in [2.24, 2.45) is 0 Å². The molecule has 0 N–H and O–H groups in total. The van der Waals surface area contributed by atoms with Gasteiger partial charge in [0.05, 0.1) is 31.7 Å². The van der Waals surface area contributed by atoms with Crippen LogP contribution in [0.1, 0.15) is 5.56 Å². The molecule has 1 aromatic heterocycles. The molecule has 0 radical (unpaired) electrons. The SMILES string of the molecule is COc1ccc(-n2cc(-c3cccc(C(F)(F)F)c3)nn2)cc1OC. The zero-order chi connectivity index (χ0) is 18.0. The molecular formula is C17H14F3N3O2. The first kappa shape index (κ1) is 16.8. The van der Waals surface area contributed by atoms with E-state index in [0.29, 0.717) is 28.4 Å². The van der Waals surface area contributed by atoms with Gasteiger partial charge in [-0.2, -0.15) is 13.2 Å². The van der Waals surface area contributed by atoms with Crippen molar-refractivity contribution in [1.82, 2.24) is 15.0 Å². The van der Waals surface area contributed by atoms with Crippen LogP contribution in [-0.2, 0) is 6.18 Å². The van der Waals surface area contributed by atoms with Crippen molar-refractivity contribution in [1.29, 1.82) is 0 Å². The van der Waals surface area contributed by atoms with Gasteiger partial charge in [-0.15, -0.1) is 5.10 Å². The normalized spacial score (nSPS) is 11.4. The first-order valence-electron chi connectivity index (χ1n) is 7.25. The van der Waals surface area contributed by atoms with Gasteiger partial charge in [0, 0.05) is 11.6 Å². The van der Waals surface area contributed by atoms with Crippen LogP contribution in [0.5, 0.6) is 11.5 Å². The zero-order valence-electron chi connectivity index (χ0n) is 13.4. The number of hydrogen-bond acceptors (Lipinski definition) is 4. The molecule has 2 aromatic carbocycles. The highest BCUT2D eigenvalue weighted by atomic mass is 19.4. The van der Waals surface area contributed by atoms with Crippen LogP contribution in [0.3, 0.4) is 0 Å². The number of nitrogens with zero attached hydrogens (tertiary/aromatic N) is 3. The molecule has 0 fully saturated rings.